The molecule has 1 aromatic rings. The summed E-state index contributed by atoms with van der Waals surface area (Å²) in [5, 5.41) is 9.42. The van der Waals surface area contributed by atoms with Crippen LogP contribution >= 0.6 is 0 Å². The molecule has 3 atom stereocenters. The zero-order chi connectivity index (χ0) is 17.6. The van der Waals surface area contributed by atoms with Crippen LogP contribution < -0.4 is 4.74 Å². The van der Waals surface area contributed by atoms with Crippen LogP contribution in [-0.4, -0.2) is 65.6 Å². The van der Waals surface area contributed by atoms with Gasteiger partial charge in [-0.3, -0.25) is 9.59 Å². The molecular formula is C19H24N2O4. The van der Waals surface area contributed by atoms with Gasteiger partial charge in [0, 0.05) is 43.1 Å². The van der Waals surface area contributed by atoms with E-state index in [9.17, 15) is 14.7 Å². The summed E-state index contributed by atoms with van der Waals surface area (Å²) >= 11 is 0. The van der Waals surface area contributed by atoms with E-state index < -0.39 is 6.10 Å². The van der Waals surface area contributed by atoms with E-state index in [2.05, 4.69) is 6.07 Å². The van der Waals surface area contributed by atoms with Crippen molar-refractivity contribution in [1.82, 2.24) is 9.80 Å². The number of piperazine rings is 1. The van der Waals surface area contributed by atoms with Gasteiger partial charge in [-0.05, 0) is 25.8 Å². The molecule has 1 aliphatic carbocycles. The molecule has 2 amide bonds. The Labute approximate surface area is 147 Å². The summed E-state index contributed by atoms with van der Waals surface area (Å²) in [4.78, 5) is 28.4. The first kappa shape index (κ1) is 16.4. The Morgan fingerprint density at radius 1 is 1.20 bits per heavy atom. The number of hydrogen-bond donors (Lipinski definition) is 1. The fraction of sp³-hybridized carbons (Fsp3) is 0.579. The largest absolute Gasteiger partial charge is 0.493 e. The maximum atomic E-state index is 13.0. The summed E-state index contributed by atoms with van der Waals surface area (Å²) in [6.45, 7) is 4.22. The zero-order valence-corrected chi connectivity index (χ0v) is 14.5. The average Bonchev–Trinajstić information content (AvgIpc) is 3.35. The summed E-state index contributed by atoms with van der Waals surface area (Å²) in [5.41, 5.74) is 1.11. The molecule has 6 nitrogen and oxygen atoms in total. The van der Waals surface area contributed by atoms with Crippen molar-refractivity contribution in [1.29, 1.82) is 0 Å². The first-order chi connectivity index (χ1) is 12.0. The smallest absolute Gasteiger partial charge is 0.251 e. The van der Waals surface area contributed by atoms with E-state index in [0.29, 0.717) is 32.8 Å². The Hall–Kier alpha value is -2.08. The molecule has 0 radical (unpaired) electrons. The van der Waals surface area contributed by atoms with Crippen molar-refractivity contribution in [3.05, 3.63) is 29.8 Å². The molecule has 6 heteroatoms. The second kappa shape index (κ2) is 6.02. The van der Waals surface area contributed by atoms with Crippen molar-refractivity contribution in [2.45, 2.75) is 31.3 Å². The summed E-state index contributed by atoms with van der Waals surface area (Å²) in [5.74, 6) is 0.877. The van der Waals surface area contributed by atoms with E-state index in [-0.39, 0.29) is 23.1 Å². The number of aliphatic hydroxyl groups is 1. The standard InChI is InChI=1S/C19H24N2O4/c1-13(22)17(23)20-7-9-21(10-8-20)18(24)15-12-19(15)6-11-25-16-5-3-2-4-14(16)19/h2-5,13,15,22H,6-12H2,1H3/t13?,15-,19-/m0/s1. The molecule has 2 aliphatic heterocycles. The lowest BCUT2D eigenvalue weighted by Gasteiger charge is -2.36. The fourth-order valence-electron chi connectivity index (χ4n) is 4.32. The molecule has 1 saturated heterocycles. The first-order valence-electron chi connectivity index (χ1n) is 9.01. The molecule has 1 aromatic carbocycles. The van der Waals surface area contributed by atoms with Gasteiger partial charge in [0.2, 0.25) is 5.91 Å². The lowest BCUT2D eigenvalue weighted by atomic mass is 9.87. The minimum atomic E-state index is -0.979. The number of fused-ring (bicyclic) bond motifs is 2. The SMILES string of the molecule is CC(O)C(=O)N1CCN(C(=O)[C@@H]2C[C@]23CCOc2ccccc23)CC1. The molecular weight excluding hydrogens is 320 g/mol. The number of hydrogen-bond acceptors (Lipinski definition) is 4. The van der Waals surface area contributed by atoms with Crippen LogP contribution in [0.1, 0.15) is 25.3 Å². The maximum Gasteiger partial charge on any atom is 0.251 e. The highest BCUT2D eigenvalue weighted by Gasteiger charge is 2.61. The summed E-state index contributed by atoms with van der Waals surface area (Å²) in [6, 6.07) is 8.04. The van der Waals surface area contributed by atoms with Crippen LogP contribution in [0, 0.1) is 5.92 Å². The molecule has 3 aliphatic rings. The number of carbonyl (C=O) groups excluding carboxylic acids is 2. The van der Waals surface area contributed by atoms with Crippen molar-refractivity contribution in [3.63, 3.8) is 0 Å². The Kier molecular flexibility index (Phi) is 3.95. The zero-order valence-electron chi connectivity index (χ0n) is 14.5. The molecule has 1 saturated carbocycles. The van der Waals surface area contributed by atoms with Gasteiger partial charge >= 0.3 is 0 Å². The van der Waals surface area contributed by atoms with Crippen molar-refractivity contribution in [2.24, 2.45) is 5.92 Å². The maximum absolute atomic E-state index is 13.0. The summed E-state index contributed by atoms with van der Waals surface area (Å²) in [7, 11) is 0. The van der Waals surface area contributed by atoms with Crippen molar-refractivity contribution in [2.75, 3.05) is 32.8 Å². The van der Waals surface area contributed by atoms with E-state index in [1.807, 2.05) is 23.1 Å². The third kappa shape index (κ3) is 2.68. The fourth-order valence-corrected chi connectivity index (χ4v) is 4.32. The van der Waals surface area contributed by atoms with E-state index in [4.69, 9.17) is 4.74 Å². The lowest BCUT2D eigenvalue weighted by molar-refractivity contribution is -0.145. The molecule has 2 fully saturated rings. The molecule has 1 spiro atoms. The molecule has 1 N–H and O–H groups in total. The highest BCUT2D eigenvalue weighted by Crippen LogP contribution is 2.61. The number of para-hydroxylation sites is 1. The minimum absolute atomic E-state index is 0.0246. The molecule has 25 heavy (non-hydrogen) atoms. The number of nitrogens with zero attached hydrogens (tertiary/aromatic N) is 2. The Morgan fingerprint density at radius 2 is 1.88 bits per heavy atom. The molecule has 0 aromatic heterocycles. The predicted molar refractivity (Wildman–Crippen MR) is 91.2 cm³/mol. The van der Waals surface area contributed by atoms with Crippen LogP contribution in [-0.2, 0) is 15.0 Å². The van der Waals surface area contributed by atoms with E-state index in [1.54, 1.807) is 4.90 Å². The van der Waals surface area contributed by atoms with Gasteiger partial charge in [0.05, 0.1) is 6.61 Å². The van der Waals surface area contributed by atoms with Gasteiger partial charge in [-0.15, -0.1) is 0 Å². The van der Waals surface area contributed by atoms with Crippen LogP contribution in [0.2, 0.25) is 0 Å². The normalized spacial score (nSPS) is 29.0. The number of ether oxygens (including phenoxy) is 1. The number of amides is 2. The van der Waals surface area contributed by atoms with Gasteiger partial charge in [-0.25, -0.2) is 0 Å². The van der Waals surface area contributed by atoms with Crippen LogP contribution in [0.25, 0.3) is 0 Å². The van der Waals surface area contributed by atoms with Gasteiger partial charge in [-0.1, -0.05) is 18.2 Å². The van der Waals surface area contributed by atoms with E-state index >= 15 is 0 Å². The highest BCUT2D eigenvalue weighted by molar-refractivity contribution is 5.85. The van der Waals surface area contributed by atoms with Crippen LogP contribution in [0.15, 0.2) is 24.3 Å². The van der Waals surface area contributed by atoms with Crippen molar-refractivity contribution < 1.29 is 19.4 Å². The van der Waals surface area contributed by atoms with Gasteiger partial charge in [0.25, 0.3) is 5.91 Å². The van der Waals surface area contributed by atoms with Gasteiger partial charge in [0.15, 0.2) is 0 Å². The van der Waals surface area contributed by atoms with Crippen molar-refractivity contribution >= 4 is 11.8 Å². The molecule has 0 bridgehead atoms. The number of aliphatic hydroxyl groups excluding tert-OH is 1. The van der Waals surface area contributed by atoms with Gasteiger partial charge in [0.1, 0.15) is 11.9 Å². The van der Waals surface area contributed by atoms with Crippen LogP contribution in [0.5, 0.6) is 5.75 Å². The van der Waals surface area contributed by atoms with Gasteiger partial charge < -0.3 is 19.6 Å². The third-order valence-electron chi connectivity index (χ3n) is 5.86. The molecule has 1 unspecified atom stereocenters. The number of benzene rings is 1. The van der Waals surface area contributed by atoms with E-state index in [1.165, 1.54) is 12.5 Å². The minimum Gasteiger partial charge on any atom is -0.493 e. The van der Waals surface area contributed by atoms with Crippen molar-refractivity contribution in [3.8, 4) is 5.75 Å². The molecule has 2 heterocycles. The average molecular weight is 344 g/mol. The Bertz CT molecular complexity index is 696. The molecule has 4 rings (SSSR count). The second-order valence-corrected chi connectivity index (χ2v) is 7.33. The summed E-state index contributed by atoms with van der Waals surface area (Å²) < 4.78 is 5.74. The van der Waals surface area contributed by atoms with E-state index in [0.717, 1.165) is 18.6 Å². The number of rotatable bonds is 2. The summed E-state index contributed by atoms with van der Waals surface area (Å²) in [6.07, 6.45) is 0.799. The third-order valence-corrected chi connectivity index (χ3v) is 5.86. The highest BCUT2D eigenvalue weighted by atomic mass is 16.5. The quantitative estimate of drug-likeness (QED) is 0.861. The Balaban J connectivity index is 1.42. The predicted octanol–water partition coefficient (Wildman–Crippen LogP) is 0.778. The second-order valence-electron chi connectivity index (χ2n) is 7.33. The Morgan fingerprint density at radius 3 is 2.60 bits per heavy atom. The van der Waals surface area contributed by atoms with Crippen LogP contribution in [0.4, 0.5) is 0 Å². The molecule has 134 valence electrons. The van der Waals surface area contributed by atoms with Gasteiger partial charge in [-0.2, -0.15) is 0 Å². The number of carbonyl (C=O) groups is 2. The van der Waals surface area contributed by atoms with Crippen LogP contribution in [0.3, 0.4) is 0 Å². The first-order valence-corrected chi connectivity index (χ1v) is 9.01. The monoisotopic (exact) mass is 344 g/mol. The topological polar surface area (TPSA) is 70.1 Å². The lowest BCUT2D eigenvalue weighted by Crippen LogP contribution is -2.53.